The van der Waals surface area contributed by atoms with Gasteiger partial charge in [0.2, 0.25) is 0 Å². The maximum Gasteiger partial charge on any atom is 0.175 e. The van der Waals surface area contributed by atoms with Crippen molar-refractivity contribution in [3.05, 3.63) is 0 Å². The van der Waals surface area contributed by atoms with E-state index in [-0.39, 0.29) is 0 Å². The fourth-order valence-corrected chi connectivity index (χ4v) is 1.51. The first-order chi connectivity index (χ1) is 5.35. The van der Waals surface area contributed by atoms with Crippen LogP contribution in [0.5, 0.6) is 0 Å². The van der Waals surface area contributed by atoms with E-state index in [9.17, 15) is 0 Å². The zero-order chi connectivity index (χ0) is 8.53. The topological polar surface area (TPSA) is 9.23 Å². The average Bonchev–Trinajstić information content (AvgIpc) is 2.05. The summed E-state index contributed by atoms with van der Waals surface area (Å²) in [4.78, 5) is 0. The summed E-state index contributed by atoms with van der Waals surface area (Å²) in [5.41, 5.74) is 0. The Kier molecular flexibility index (Phi) is 8.41. The molecule has 0 fully saturated rings. The second kappa shape index (κ2) is 8.28. The predicted octanol–water partition coefficient (Wildman–Crippen LogP) is 2.30. The van der Waals surface area contributed by atoms with E-state index < -0.39 is 0 Å². The Labute approximate surface area is 74.1 Å². The van der Waals surface area contributed by atoms with E-state index >= 15 is 0 Å². The van der Waals surface area contributed by atoms with Crippen LogP contribution in [0.1, 0.15) is 52.4 Å². The third-order valence-electron chi connectivity index (χ3n) is 2.00. The maximum atomic E-state index is 5.38. The molecule has 11 heavy (non-hydrogen) atoms. The molecule has 2 heteroatoms. The number of hydrogen-bond acceptors (Lipinski definition) is 1. The molecule has 0 spiro atoms. The van der Waals surface area contributed by atoms with Crippen molar-refractivity contribution in [3.63, 3.8) is 0 Å². The van der Waals surface area contributed by atoms with Gasteiger partial charge in [0.1, 0.15) is 0 Å². The largest absolute Gasteiger partial charge is 0.422 e. The Morgan fingerprint density at radius 2 is 1.55 bits per heavy atom. The standard InChI is InChI=1S/C9H21OSi/c1-3-5-7-9(10-11)8-6-4-2/h9H,3-8,11H2,1-2H3. The van der Waals surface area contributed by atoms with Gasteiger partial charge in [-0.15, -0.1) is 0 Å². The molecule has 0 aliphatic heterocycles. The molecule has 0 aromatic heterocycles. The van der Waals surface area contributed by atoms with Crippen LogP contribution in [0, 0.1) is 0 Å². The Morgan fingerprint density at radius 3 is 1.82 bits per heavy atom. The molecule has 0 bridgehead atoms. The zero-order valence-electron chi connectivity index (χ0n) is 7.94. The van der Waals surface area contributed by atoms with Gasteiger partial charge in [-0.25, -0.2) is 0 Å². The van der Waals surface area contributed by atoms with Crippen LogP contribution in [0.25, 0.3) is 0 Å². The number of rotatable bonds is 7. The van der Waals surface area contributed by atoms with Crippen LogP contribution in [0.4, 0.5) is 0 Å². The van der Waals surface area contributed by atoms with E-state index in [4.69, 9.17) is 4.43 Å². The highest BCUT2D eigenvalue weighted by Gasteiger charge is 2.03. The summed E-state index contributed by atoms with van der Waals surface area (Å²) in [6.07, 6.45) is 8.23. The van der Waals surface area contributed by atoms with Crippen molar-refractivity contribution in [3.8, 4) is 0 Å². The highest BCUT2D eigenvalue weighted by atomic mass is 28.2. The summed E-state index contributed by atoms with van der Waals surface area (Å²) in [5, 5.41) is 0. The highest BCUT2D eigenvalue weighted by molar-refractivity contribution is 5.98. The van der Waals surface area contributed by atoms with Gasteiger partial charge in [0.25, 0.3) is 0 Å². The van der Waals surface area contributed by atoms with Crippen LogP contribution in [0.2, 0.25) is 0 Å². The molecule has 0 heterocycles. The Morgan fingerprint density at radius 1 is 1.09 bits per heavy atom. The minimum absolute atomic E-state index is 0.535. The molecule has 1 radical (unpaired) electrons. The van der Waals surface area contributed by atoms with Gasteiger partial charge in [0.05, 0.1) is 0 Å². The van der Waals surface area contributed by atoms with Crippen molar-refractivity contribution in [1.29, 1.82) is 0 Å². The first kappa shape index (κ1) is 11.2. The van der Waals surface area contributed by atoms with E-state index in [1.807, 2.05) is 0 Å². The van der Waals surface area contributed by atoms with Crippen molar-refractivity contribution in [2.24, 2.45) is 0 Å². The van der Waals surface area contributed by atoms with Crippen LogP contribution in [0.15, 0.2) is 0 Å². The van der Waals surface area contributed by atoms with Crippen LogP contribution in [-0.4, -0.2) is 16.6 Å². The van der Waals surface area contributed by atoms with Crippen LogP contribution < -0.4 is 0 Å². The third kappa shape index (κ3) is 6.57. The minimum atomic E-state index is 0.535. The van der Waals surface area contributed by atoms with Gasteiger partial charge in [0.15, 0.2) is 10.5 Å². The molecule has 0 unspecified atom stereocenters. The molecule has 0 amide bonds. The van der Waals surface area contributed by atoms with Gasteiger partial charge in [0, 0.05) is 6.10 Å². The summed E-state index contributed by atoms with van der Waals surface area (Å²) in [5.74, 6) is 0. The number of hydrogen-bond donors (Lipinski definition) is 0. The SMILES string of the molecule is CCCCC(CCCC)O[SiH2]. The van der Waals surface area contributed by atoms with Gasteiger partial charge in [-0.3, -0.25) is 0 Å². The fraction of sp³-hybridized carbons (Fsp3) is 1.00. The van der Waals surface area contributed by atoms with Crippen molar-refractivity contribution >= 4 is 10.5 Å². The highest BCUT2D eigenvalue weighted by Crippen LogP contribution is 2.10. The number of unbranched alkanes of at least 4 members (excludes halogenated alkanes) is 2. The van der Waals surface area contributed by atoms with Gasteiger partial charge in [-0.1, -0.05) is 39.5 Å². The van der Waals surface area contributed by atoms with Crippen LogP contribution in [0.3, 0.4) is 0 Å². The van der Waals surface area contributed by atoms with Gasteiger partial charge in [-0.05, 0) is 12.8 Å². The minimum Gasteiger partial charge on any atom is -0.422 e. The van der Waals surface area contributed by atoms with Gasteiger partial charge in [-0.2, -0.15) is 0 Å². The predicted molar refractivity (Wildman–Crippen MR) is 52.5 cm³/mol. The first-order valence-corrected chi connectivity index (χ1v) is 5.33. The van der Waals surface area contributed by atoms with Gasteiger partial charge >= 0.3 is 0 Å². The molecule has 0 N–H and O–H groups in total. The van der Waals surface area contributed by atoms with E-state index in [0.29, 0.717) is 6.10 Å². The lowest BCUT2D eigenvalue weighted by molar-refractivity contribution is 0.191. The van der Waals surface area contributed by atoms with Crippen LogP contribution >= 0.6 is 0 Å². The molecule has 0 rings (SSSR count). The van der Waals surface area contributed by atoms with Crippen molar-refractivity contribution in [2.45, 2.75) is 58.5 Å². The molecule has 0 aromatic carbocycles. The van der Waals surface area contributed by atoms with E-state index in [0.717, 1.165) is 0 Å². The Balaban J connectivity index is 3.25. The molecule has 0 saturated carbocycles. The van der Waals surface area contributed by atoms with E-state index in [1.165, 1.54) is 38.5 Å². The monoisotopic (exact) mass is 173 g/mol. The zero-order valence-corrected chi connectivity index (χ0v) is 9.35. The molecule has 1 nitrogen and oxygen atoms in total. The molecular weight excluding hydrogens is 152 g/mol. The summed E-state index contributed by atoms with van der Waals surface area (Å²) >= 11 is 0. The Bertz CT molecular complexity index is 68.0. The summed E-state index contributed by atoms with van der Waals surface area (Å²) in [6.45, 7) is 4.46. The fourth-order valence-electron chi connectivity index (χ4n) is 1.17. The molecule has 0 saturated heterocycles. The lowest BCUT2D eigenvalue weighted by Gasteiger charge is -2.14. The molecule has 67 valence electrons. The first-order valence-electron chi connectivity index (χ1n) is 4.76. The summed E-state index contributed by atoms with van der Waals surface area (Å²) < 4.78 is 5.38. The molecule has 0 atom stereocenters. The van der Waals surface area contributed by atoms with Gasteiger partial charge < -0.3 is 4.43 Å². The van der Waals surface area contributed by atoms with Crippen molar-refractivity contribution in [2.75, 3.05) is 0 Å². The second-order valence-corrected chi connectivity index (χ2v) is 3.41. The maximum absolute atomic E-state index is 5.38. The van der Waals surface area contributed by atoms with Crippen molar-refractivity contribution in [1.82, 2.24) is 0 Å². The summed E-state index contributed by atoms with van der Waals surface area (Å²) in [7, 11) is 1.64. The quantitative estimate of drug-likeness (QED) is 0.537. The van der Waals surface area contributed by atoms with Crippen LogP contribution in [-0.2, 0) is 4.43 Å². The Hall–Kier alpha value is 0.177. The average molecular weight is 173 g/mol. The summed E-state index contributed by atoms with van der Waals surface area (Å²) in [6, 6.07) is 0. The smallest absolute Gasteiger partial charge is 0.175 e. The lowest BCUT2D eigenvalue weighted by Crippen LogP contribution is -2.10. The van der Waals surface area contributed by atoms with E-state index in [1.54, 1.807) is 10.5 Å². The lowest BCUT2D eigenvalue weighted by atomic mass is 10.1. The van der Waals surface area contributed by atoms with Crippen molar-refractivity contribution < 1.29 is 4.43 Å². The normalized spacial score (nSPS) is 10.9. The molecule has 0 aliphatic carbocycles. The third-order valence-corrected chi connectivity index (χ3v) is 2.47. The molecule has 0 aromatic rings. The molecular formula is C9H21OSi. The molecule has 0 aliphatic rings. The van der Waals surface area contributed by atoms with E-state index in [2.05, 4.69) is 13.8 Å². The second-order valence-electron chi connectivity index (χ2n) is 3.07.